The molecule has 0 bridgehead atoms. The summed E-state index contributed by atoms with van der Waals surface area (Å²) < 4.78 is 13.8. The molecule has 0 aliphatic rings. The van der Waals surface area contributed by atoms with Gasteiger partial charge in [0.2, 0.25) is 0 Å². The molecule has 2 nitrogen and oxygen atoms in total. The van der Waals surface area contributed by atoms with Gasteiger partial charge in [0.25, 0.3) is 0 Å². The van der Waals surface area contributed by atoms with Crippen LogP contribution in [0.4, 0.5) is 0 Å². The topological polar surface area (TPSA) is 26.3 Å². The zero-order valence-corrected chi connectivity index (χ0v) is 37.1. The molecule has 0 unspecified atom stereocenters. The molecule has 2 heteroatoms. The van der Waals surface area contributed by atoms with Crippen LogP contribution in [0.25, 0.3) is 133 Å². The lowest BCUT2D eigenvalue weighted by Gasteiger charge is -2.12. The molecule has 2 aromatic heterocycles. The molecule has 0 aliphatic heterocycles. The fourth-order valence-corrected chi connectivity index (χ4v) is 10.0. The van der Waals surface area contributed by atoms with Crippen LogP contribution in [0, 0.1) is 0 Å². The van der Waals surface area contributed by atoms with E-state index in [-0.39, 0.29) is 0 Å². The van der Waals surface area contributed by atoms with Crippen LogP contribution in [-0.2, 0) is 0 Å². The van der Waals surface area contributed by atoms with Crippen molar-refractivity contribution in [2.24, 2.45) is 0 Å². The van der Waals surface area contributed by atoms with Crippen molar-refractivity contribution >= 4 is 43.9 Å². The molecular formula is C66H42O2. The lowest BCUT2D eigenvalue weighted by Crippen LogP contribution is -1.86. The maximum absolute atomic E-state index is 6.92. The summed E-state index contributed by atoms with van der Waals surface area (Å²) >= 11 is 0. The number of benzene rings is 11. The molecule has 11 aromatic carbocycles. The van der Waals surface area contributed by atoms with Crippen molar-refractivity contribution in [1.29, 1.82) is 0 Å². The van der Waals surface area contributed by atoms with Gasteiger partial charge in [-0.1, -0.05) is 206 Å². The van der Waals surface area contributed by atoms with Crippen molar-refractivity contribution in [3.8, 4) is 89.0 Å². The van der Waals surface area contributed by atoms with Crippen molar-refractivity contribution in [2.45, 2.75) is 0 Å². The Kier molecular flexibility index (Phi) is 9.54. The third kappa shape index (κ3) is 6.99. The lowest BCUT2D eigenvalue weighted by atomic mass is 9.92. The van der Waals surface area contributed by atoms with Crippen LogP contribution in [0.1, 0.15) is 0 Å². The number of hydrogen-bond donors (Lipinski definition) is 0. The highest BCUT2D eigenvalue weighted by Crippen LogP contribution is 2.44. The van der Waals surface area contributed by atoms with Gasteiger partial charge in [-0.25, -0.2) is 0 Å². The molecule has 13 rings (SSSR count). The number of fused-ring (bicyclic) bond motifs is 7. The second-order valence-corrected chi connectivity index (χ2v) is 17.6. The van der Waals surface area contributed by atoms with E-state index in [2.05, 4.69) is 255 Å². The van der Waals surface area contributed by atoms with E-state index in [0.29, 0.717) is 0 Å². The largest absolute Gasteiger partial charge is 0.451 e. The van der Waals surface area contributed by atoms with Crippen LogP contribution < -0.4 is 0 Å². The summed E-state index contributed by atoms with van der Waals surface area (Å²) in [7, 11) is 0. The van der Waals surface area contributed by atoms with E-state index in [9.17, 15) is 0 Å². The maximum Gasteiger partial charge on any atom is 0.178 e. The van der Waals surface area contributed by atoms with Gasteiger partial charge in [-0.15, -0.1) is 0 Å². The third-order valence-corrected chi connectivity index (χ3v) is 13.5. The number of para-hydroxylation sites is 2. The summed E-state index contributed by atoms with van der Waals surface area (Å²) in [6, 6.07) is 91.2. The fraction of sp³-hybridized carbons (Fsp3) is 0. The summed E-state index contributed by atoms with van der Waals surface area (Å²) in [5.74, 6) is 0. The Bertz CT molecular complexity index is 3580. The minimum atomic E-state index is 0.762. The SMILES string of the molecule is c1ccc(-c2cc(-c3ccccc3)cc(-c3ccc(-c4cccc5c4oc4c5ccc5c6cccc(-c7ccc(-c8cc(-c9ccccc9)cc(-c9ccccc9)c8)cc7)c6oc54)cc3)c2)cc1. The van der Waals surface area contributed by atoms with E-state index in [1.54, 1.807) is 0 Å². The quantitative estimate of drug-likeness (QED) is 0.152. The Morgan fingerprint density at radius 1 is 0.162 bits per heavy atom. The molecule has 2 heterocycles. The summed E-state index contributed by atoms with van der Waals surface area (Å²) in [4.78, 5) is 0. The molecule has 0 saturated carbocycles. The average Bonchev–Trinajstić information content (AvgIpc) is 4.01. The summed E-state index contributed by atoms with van der Waals surface area (Å²) in [6.45, 7) is 0. The fourth-order valence-electron chi connectivity index (χ4n) is 10.0. The highest BCUT2D eigenvalue weighted by molar-refractivity contribution is 6.21. The minimum Gasteiger partial charge on any atom is -0.451 e. The van der Waals surface area contributed by atoms with Gasteiger partial charge in [0.1, 0.15) is 11.2 Å². The monoisotopic (exact) mass is 866 g/mol. The first-order chi connectivity index (χ1) is 33.7. The number of rotatable bonds is 8. The second kappa shape index (κ2) is 16.5. The summed E-state index contributed by atoms with van der Waals surface area (Å²) in [5, 5.41) is 4.20. The highest BCUT2D eigenvalue weighted by Gasteiger charge is 2.20. The maximum atomic E-state index is 6.92. The van der Waals surface area contributed by atoms with E-state index in [1.807, 2.05) is 0 Å². The van der Waals surface area contributed by atoms with Gasteiger partial charge in [0, 0.05) is 32.7 Å². The van der Waals surface area contributed by atoms with E-state index in [1.165, 1.54) is 55.6 Å². The number of furan rings is 2. The molecule has 68 heavy (non-hydrogen) atoms. The van der Waals surface area contributed by atoms with Gasteiger partial charge in [-0.05, 0) is 126 Å². The standard InChI is InChI=1S/C66H42O2/c1-5-15-43(16-6-1)51-37-52(44-17-7-2-8-18-44)40-55(39-51)47-27-31-49(32-28-47)57-23-13-25-59-61-35-36-62-60-26-14-24-58(64(60)68-66(62)65(61)67-63(57)59)50-33-29-48(30-34-50)56-41-53(45-19-9-3-10-20-45)38-54(42-56)46-21-11-4-12-22-46/h1-42H. The Morgan fingerprint density at radius 2 is 0.412 bits per heavy atom. The molecule has 0 amide bonds. The van der Waals surface area contributed by atoms with Crippen LogP contribution in [-0.4, -0.2) is 0 Å². The molecule has 0 aliphatic carbocycles. The van der Waals surface area contributed by atoms with Gasteiger partial charge in [0.15, 0.2) is 11.2 Å². The van der Waals surface area contributed by atoms with Crippen LogP contribution in [0.15, 0.2) is 264 Å². The molecule has 0 spiro atoms. The Morgan fingerprint density at radius 3 is 0.706 bits per heavy atom. The Balaban J connectivity index is 0.859. The highest BCUT2D eigenvalue weighted by atomic mass is 16.4. The molecule has 0 fully saturated rings. The average molecular weight is 867 g/mol. The van der Waals surface area contributed by atoms with Gasteiger partial charge >= 0.3 is 0 Å². The third-order valence-electron chi connectivity index (χ3n) is 13.5. The van der Waals surface area contributed by atoms with E-state index < -0.39 is 0 Å². The Hall–Kier alpha value is -8.98. The molecule has 13 aromatic rings. The first-order valence-corrected chi connectivity index (χ1v) is 23.2. The first-order valence-electron chi connectivity index (χ1n) is 23.2. The first kappa shape index (κ1) is 39.4. The Labute approximate surface area is 394 Å². The van der Waals surface area contributed by atoms with Crippen LogP contribution in [0.3, 0.4) is 0 Å². The van der Waals surface area contributed by atoms with Crippen LogP contribution >= 0.6 is 0 Å². The number of hydrogen-bond acceptors (Lipinski definition) is 2. The van der Waals surface area contributed by atoms with Crippen molar-refractivity contribution < 1.29 is 8.83 Å². The van der Waals surface area contributed by atoms with Crippen LogP contribution in [0.2, 0.25) is 0 Å². The van der Waals surface area contributed by atoms with Gasteiger partial charge in [0.05, 0.1) is 0 Å². The van der Waals surface area contributed by atoms with E-state index >= 15 is 0 Å². The molecule has 0 saturated heterocycles. The predicted molar refractivity (Wildman–Crippen MR) is 284 cm³/mol. The zero-order chi connectivity index (χ0) is 45.0. The normalized spacial score (nSPS) is 11.5. The van der Waals surface area contributed by atoms with Crippen molar-refractivity contribution in [2.75, 3.05) is 0 Å². The smallest absolute Gasteiger partial charge is 0.178 e. The molecule has 0 N–H and O–H groups in total. The predicted octanol–water partition coefficient (Wildman–Crippen LogP) is 18.8. The van der Waals surface area contributed by atoms with E-state index in [0.717, 1.165) is 77.3 Å². The van der Waals surface area contributed by atoms with Gasteiger partial charge < -0.3 is 8.83 Å². The van der Waals surface area contributed by atoms with E-state index in [4.69, 9.17) is 8.83 Å². The molecule has 318 valence electrons. The van der Waals surface area contributed by atoms with Crippen molar-refractivity contribution in [1.82, 2.24) is 0 Å². The zero-order valence-electron chi connectivity index (χ0n) is 37.1. The lowest BCUT2D eigenvalue weighted by molar-refractivity contribution is 0.634. The van der Waals surface area contributed by atoms with Crippen LogP contribution in [0.5, 0.6) is 0 Å². The van der Waals surface area contributed by atoms with Gasteiger partial charge in [-0.3, -0.25) is 0 Å². The summed E-state index contributed by atoms with van der Waals surface area (Å²) in [5.41, 5.74) is 21.7. The minimum absolute atomic E-state index is 0.762. The molecule has 0 radical (unpaired) electrons. The molecule has 0 atom stereocenters. The van der Waals surface area contributed by atoms with Gasteiger partial charge in [-0.2, -0.15) is 0 Å². The second-order valence-electron chi connectivity index (χ2n) is 17.6. The molecular weight excluding hydrogens is 825 g/mol. The summed E-state index contributed by atoms with van der Waals surface area (Å²) in [6.07, 6.45) is 0. The van der Waals surface area contributed by atoms with Crippen molar-refractivity contribution in [3.63, 3.8) is 0 Å². The van der Waals surface area contributed by atoms with Crippen molar-refractivity contribution in [3.05, 3.63) is 255 Å².